The van der Waals surface area contributed by atoms with Crippen LogP contribution in [0.3, 0.4) is 0 Å². The van der Waals surface area contributed by atoms with Crippen LogP contribution in [0.25, 0.3) is 11.1 Å². The van der Waals surface area contributed by atoms with Gasteiger partial charge in [0.05, 0.1) is 12.6 Å². The van der Waals surface area contributed by atoms with Crippen LogP contribution in [-0.2, 0) is 9.53 Å². The van der Waals surface area contributed by atoms with E-state index in [4.69, 9.17) is 4.74 Å². The third-order valence-electron chi connectivity index (χ3n) is 5.73. The van der Waals surface area contributed by atoms with Crippen molar-refractivity contribution in [3.05, 3.63) is 66.5 Å². The predicted molar refractivity (Wildman–Crippen MR) is 125 cm³/mol. The minimum absolute atomic E-state index is 0.0702. The number of nitrogens with one attached hydrogen (secondary N) is 2. The highest BCUT2D eigenvalue weighted by atomic mass is 19.3. The molecule has 0 saturated carbocycles. The molecule has 1 aromatic heterocycles. The van der Waals surface area contributed by atoms with Crippen LogP contribution in [-0.4, -0.2) is 47.4 Å². The van der Waals surface area contributed by atoms with Gasteiger partial charge in [0.1, 0.15) is 5.75 Å². The van der Waals surface area contributed by atoms with Crippen LogP contribution in [0, 0.1) is 5.92 Å². The normalized spacial score (nSPS) is 15.0. The number of nitrogens with zero attached hydrogens (tertiary/aromatic N) is 2. The number of halogens is 2. The van der Waals surface area contributed by atoms with Gasteiger partial charge in [0.25, 0.3) is 0 Å². The van der Waals surface area contributed by atoms with Crippen LogP contribution < -0.4 is 15.4 Å². The largest absolute Gasteiger partial charge is 0.435 e. The number of hydrogen-bond acceptors (Lipinski definition) is 7. The van der Waals surface area contributed by atoms with Gasteiger partial charge in [-0.3, -0.25) is 4.79 Å². The van der Waals surface area contributed by atoms with Gasteiger partial charge in [0, 0.05) is 42.8 Å². The van der Waals surface area contributed by atoms with Crippen molar-refractivity contribution < 1.29 is 28.2 Å². The molecule has 184 valence electrons. The molecule has 3 N–H and O–H groups in total. The number of ether oxygens (including phenoxy) is 2. The van der Waals surface area contributed by atoms with E-state index >= 15 is 0 Å². The van der Waals surface area contributed by atoms with E-state index < -0.39 is 12.7 Å². The molecular formula is C25H26F2N4O4. The highest BCUT2D eigenvalue weighted by molar-refractivity contribution is 5.79. The molecule has 1 amide bonds. The Labute approximate surface area is 201 Å². The van der Waals surface area contributed by atoms with Crippen LogP contribution in [0.15, 0.2) is 60.9 Å². The van der Waals surface area contributed by atoms with Gasteiger partial charge in [0.2, 0.25) is 11.9 Å². The molecule has 8 nitrogen and oxygen atoms in total. The third-order valence-corrected chi connectivity index (χ3v) is 5.73. The molecule has 2 aromatic carbocycles. The number of aliphatic hydroxyl groups excluding tert-OH is 1. The lowest BCUT2D eigenvalue weighted by molar-refractivity contribution is -0.129. The fourth-order valence-electron chi connectivity index (χ4n) is 3.78. The summed E-state index contributed by atoms with van der Waals surface area (Å²) in [6.07, 6.45) is 4.62. The van der Waals surface area contributed by atoms with E-state index in [1.807, 2.05) is 24.3 Å². The SMILES string of the molecule is O=C(NC(CO)c1ccc(Nc2ncc(-c3ccc(OC(F)F)cc3)cn2)cc1)C1CCOCC1. The molecule has 1 aliphatic rings. The van der Waals surface area contributed by atoms with Crippen molar-refractivity contribution >= 4 is 17.5 Å². The van der Waals surface area contributed by atoms with E-state index in [1.165, 1.54) is 12.1 Å². The Morgan fingerprint density at radius 2 is 1.69 bits per heavy atom. The highest BCUT2D eigenvalue weighted by Gasteiger charge is 2.24. The lowest BCUT2D eigenvalue weighted by atomic mass is 9.98. The molecule has 0 aliphatic carbocycles. The van der Waals surface area contributed by atoms with Gasteiger partial charge >= 0.3 is 6.61 Å². The average Bonchev–Trinajstić information content (AvgIpc) is 2.89. The second-order valence-corrected chi connectivity index (χ2v) is 8.08. The van der Waals surface area contributed by atoms with Crippen molar-refractivity contribution in [3.63, 3.8) is 0 Å². The van der Waals surface area contributed by atoms with Crippen molar-refractivity contribution in [1.82, 2.24) is 15.3 Å². The van der Waals surface area contributed by atoms with E-state index in [0.29, 0.717) is 32.0 Å². The van der Waals surface area contributed by atoms with Gasteiger partial charge in [-0.2, -0.15) is 8.78 Å². The summed E-state index contributed by atoms with van der Waals surface area (Å²) in [5.74, 6) is 0.297. The molecule has 35 heavy (non-hydrogen) atoms. The monoisotopic (exact) mass is 484 g/mol. The molecule has 1 aliphatic heterocycles. The molecule has 3 aromatic rings. The highest BCUT2D eigenvalue weighted by Crippen LogP contribution is 2.24. The molecule has 0 spiro atoms. The summed E-state index contributed by atoms with van der Waals surface area (Å²) >= 11 is 0. The fourth-order valence-corrected chi connectivity index (χ4v) is 3.78. The first-order valence-electron chi connectivity index (χ1n) is 11.2. The maximum Gasteiger partial charge on any atom is 0.387 e. The number of aromatic nitrogens is 2. The van der Waals surface area contributed by atoms with E-state index in [1.54, 1.807) is 24.5 Å². The summed E-state index contributed by atoms with van der Waals surface area (Å²) in [7, 11) is 0. The van der Waals surface area contributed by atoms with Crippen molar-refractivity contribution in [2.75, 3.05) is 25.1 Å². The lowest BCUT2D eigenvalue weighted by Gasteiger charge is -2.24. The van der Waals surface area contributed by atoms with Crippen LogP contribution in [0.1, 0.15) is 24.4 Å². The number of carbonyl (C=O) groups is 1. The Bertz CT molecular complexity index is 1090. The van der Waals surface area contributed by atoms with Crippen molar-refractivity contribution in [1.29, 1.82) is 0 Å². The smallest absolute Gasteiger partial charge is 0.387 e. The zero-order chi connectivity index (χ0) is 24.6. The predicted octanol–water partition coefficient (Wildman–Crippen LogP) is 4.06. The molecule has 1 fully saturated rings. The van der Waals surface area contributed by atoms with Crippen molar-refractivity contribution in [3.8, 4) is 16.9 Å². The first-order chi connectivity index (χ1) is 17.0. The number of amides is 1. The summed E-state index contributed by atoms with van der Waals surface area (Å²) in [5.41, 5.74) is 3.01. The Morgan fingerprint density at radius 3 is 2.29 bits per heavy atom. The third kappa shape index (κ3) is 6.71. The van der Waals surface area contributed by atoms with E-state index in [0.717, 1.165) is 22.4 Å². The molecule has 1 atom stereocenters. The topological polar surface area (TPSA) is 106 Å². The standard InChI is InChI=1S/C25H26F2N4O4/c26-24(27)35-21-7-3-16(4-8-21)19-13-28-25(29-14-19)30-20-5-1-17(2-6-20)22(15-32)31-23(33)18-9-11-34-12-10-18/h1-8,13-14,18,22,24,32H,9-12,15H2,(H,31,33)(H,28,29,30). The number of benzene rings is 2. The number of alkyl halides is 2. The summed E-state index contributed by atoms with van der Waals surface area (Å²) < 4.78 is 34.2. The zero-order valence-electron chi connectivity index (χ0n) is 18.9. The maximum atomic E-state index is 12.5. The summed E-state index contributed by atoms with van der Waals surface area (Å²) in [6, 6.07) is 13.0. The second kappa shape index (κ2) is 11.7. The summed E-state index contributed by atoms with van der Waals surface area (Å²) in [4.78, 5) is 21.1. The van der Waals surface area contributed by atoms with Crippen LogP contribution in [0.2, 0.25) is 0 Å². The Hall–Kier alpha value is -3.63. The Morgan fingerprint density at radius 1 is 1.03 bits per heavy atom. The second-order valence-electron chi connectivity index (χ2n) is 8.08. The van der Waals surface area contributed by atoms with Gasteiger partial charge in [0.15, 0.2) is 0 Å². The van der Waals surface area contributed by atoms with Crippen molar-refractivity contribution in [2.24, 2.45) is 5.92 Å². The molecular weight excluding hydrogens is 458 g/mol. The number of anilines is 2. The summed E-state index contributed by atoms with van der Waals surface area (Å²) in [5, 5.41) is 15.8. The van der Waals surface area contributed by atoms with Crippen LogP contribution >= 0.6 is 0 Å². The lowest BCUT2D eigenvalue weighted by Crippen LogP contribution is -2.37. The maximum absolute atomic E-state index is 12.5. The van der Waals surface area contributed by atoms with Gasteiger partial charge in [-0.05, 0) is 48.2 Å². The van der Waals surface area contributed by atoms with Crippen molar-refractivity contribution in [2.45, 2.75) is 25.5 Å². The number of rotatable bonds is 9. The number of carbonyl (C=O) groups excluding carboxylic acids is 1. The van der Waals surface area contributed by atoms with Gasteiger partial charge in [-0.25, -0.2) is 9.97 Å². The van der Waals surface area contributed by atoms with E-state index in [9.17, 15) is 18.7 Å². The van der Waals surface area contributed by atoms with E-state index in [2.05, 4.69) is 25.3 Å². The molecule has 1 unspecified atom stereocenters. The Balaban J connectivity index is 1.35. The Kier molecular flexibility index (Phi) is 8.17. The average molecular weight is 485 g/mol. The van der Waals surface area contributed by atoms with Gasteiger partial charge in [-0.1, -0.05) is 24.3 Å². The molecule has 4 rings (SSSR count). The first-order valence-corrected chi connectivity index (χ1v) is 11.2. The fraction of sp³-hybridized carbons (Fsp3) is 0.320. The molecule has 1 saturated heterocycles. The minimum atomic E-state index is -2.87. The quantitative estimate of drug-likeness (QED) is 0.421. The minimum Gasteiger partial charge on any atom is -0.435 e. The molecule has 2 heterocycles. The van der Waals surface area contributed by atoms with E-state index in [-0.39, 0.29) is 24.2 Å². The van der Waals surface area contributed by atoms with Gasteiger partial charge in [-0.15, -0.1) is 0 Å². The zero-order valence-corrected chi connectivity index (χ0v) is 18.9. The van der Waals surface area contributed by atoms with Crippen LogP contribution in [0.5, 0.6) is 5.75 Å². The molecule has 10 heteroatoms. The van der Waals surface area contributed by atoms with Gasteiger partial charge < -0.3 is 25.2 Å². The number of aliphatic hydroxyl groups is 1. The van der Waals surface area contributed by atoms with Crippen LogP contribution in [0.4, 0.5) is 20.4 Å². The summed E-state index contributed by atoms with van der Waals surface area (Å²) in [6.45, 7) is -1.92. The number of hydrogen-bond donors (Lipinski definition) is 3. The molecule has 0 radical (unpaired) electrons. The first kappa shape index (κ1) is 24.5. The molecule has 0 bridgehead atoms.